The molecule has 0 radical (unpaired) electrons. The van der Waals surface area contributed by atoms with Gasteiger partial charge < -0.3 is 11.1 Å². The average molecular weight is 482 g/mol. The summed E-state index contributed by atoms with van der Waals surface area (Å²) in [6, 6.07) is 1.26. The van der Waals surface area contributed by atoms with Crippen molar-refractivity contribution in [1.29, 1.82) is 0 Å². The van der Waals surface area contributed by atoms with Crippen LogP contribution >= 0.6 is 31.9 Å². The summed E-state index contributed by atoms with van der Waals surface area (Å²) in [5.41, 5.74) is 4.48. The summed E-state index contributed by atoms with van der Waals surface area (Å²) < 4.78 is 63.0. The van der Waals surface area contributed by atoms with Gasteiger partial charge in [0.2, 0.25) is 5.91 Å². The molecule has 9 nitrogen and oxygen atoms in total. The van der Waals surface area contributed by atoms with E-state index in [1.165, 1.54) is 0 Å². The van der Waals surface area contributed by atoms with Gasteiger partial charge in [-0.1, -0.05) is 31.9 Å². The van der Waals surface area contributed by atoms with Crippen molar-refractivity contribution in [2.75, 3.05) is 16.4 Å². The standard InChI is InChI=1S/C9H10Br2N2O7S2/c10-3-4(11)9(14)13-6-1-5(12)7(21(15,16)17)2-8(6)22(18,19)20/h1-2,4H,3,12H2,(H,13,14)(H,15,16,17)(H,18,19,20). The molecular formula is C9H10Br2N2O7S2. The molecule has 13 heteroatoms. The minimum Gasteiger partial charge on any atom is -0.398 e. The van der Waals surface area contributed by atoms with E-state index in [-0.39, 0.29) is 5.33 Å². The molecule has 0 bridgehead atoms. The highest BCUT2D eigenvalue weighted by molar-refractivity contribution is 9.12. The SMILES string of the molecule is Nc1cc(NC(=O)C(Br)CBr)c(S(=O)(=O)O)cc1S(=O)(=O)O. The molecule has 124 valence electrons. The van der Waals surface area contributed by atoms with Crippen molar-refractivity contribution in [3.8, 4) is 0 Å². The molecular weight excluding hydrogens is 472 g/mol. The molecule has 0 spiro atoms. The number of anilines is 2. The number of nitrogen functional groups attached to an aromatic ring is 1. The van der Waals surface area contributed by atoms with Crippen LogP contribution in [0.2, 0.25) is 0 Å². The first-order chi connectivity index (χ1) is 9.87. The van der Waals surface area contributed by atoms with Crippen LogP contribution in [0, 0.1) is 0 Å². The monoisotopic (exact) mass is 480 g/mol. The molecule has 22 heavy (non-hydrogen) atoms. The van der Waals surface area contributed by atoms with E-state index in [1.807, 2.05) is 0 Å². The fourth-order valence-electron chi connectivity index (χ4n) is 1.39. The number of nitrogens with two attached hydrogens (primary N) is 1. The lowest BCUT2D eigenvalue weighted by atomic mass is 10.2. The van der Waals surface area contributed by atoms with E-state index in [0.29, 0.717) is 6.07 Å². The van der Waals surface area contributed by atoms with Gasteiger partial charge in [-0.25, -0.2) is 0 Å². The summed E-state index contributed by atoms with van der Waals surface area (Å²) in [4.78, 5) is 9.20. The highest BCUT2D eigenvalue weighted by atomic mass is 79.9. The lowest BCUT2D eigenvalue weighted by Crippen LogP contribution is -2.25. The van der Waals surface area contributed by atoms with E-state index in [2.05, 4.69) is 37.2 Å². The Morgan fingerprint density at radius 3 is 2.09 bits per heavy atom. The summed E-state index contributed by atoms with van der Waals surface area (Å²) in [7, 11) is -9.70. The molecule has 1 amide bonds. The summed E-state index contributed by atoms with van der Waals surface area (Å²) >= 11 is 6.03. The third-order valence-electron chi connectivity index (χ3n) is 2.35. The van der Waals surface area contributed by atoms with E-state index < -0.39 is 52.1 Å². The van der Waals surface area contributed by atoms with Crippen molar-refractivity contribution in [2.24, 2.45) is 0 Å². The van der Waals surface area contributed by atoms with Crippen molar-refractivity contribution in [1.82, 2.24) is 0 Å². The quantitative estimate of drug-likeness (QED) is 0.273. The smallest absolute Gasteiger partial charge is 0.296 e. The number of alkyl halides is 2. The molecule has 1 unspecified atom stereocenters. The first kappa shape index (κ1) is 19.3. The lowest BCUT2D eigenvalue weighted by molar-refractivity contribution is -0.115. The van der Waals surface area contributed by atoms with Gasteiger partial charge in [0.25, 0.3) is 20.2 Å². The van der Waals surface area contributed by atoms with Gasteiger partial charge in [-0.15, -0.1) is 0 Å². The highest BCUT2D eigenvalue weighted by Crippen LogP contribution is 2.30. The second kappa shape index (κ2) is 6.80. The van der Waals surface area contributed by atoms with E-state index in [1.54, 1.807) is 0 Å². The Morgan fingerprint density at radius 2 is 1.68 bits per heavy atom. The van der Waals surface area contributed by atoms with Crippen LogP contribution in [-0.4, -0.2) is 42.0 Å². The van der Waals surface area contributed by atoms with Crippen LogP contribution in [0.25, 0.3) is 0 Å². The minimum atomic E-state index is -4.88. The maximum absolute atomic E-state index is 11.7. The maximum atomic E-state index is 11.7. The van der Waals surface area contributed by atoms with Crippen molar-refractivity contribution in [3.05, 3.63) is 12.1 Å². The van der Waals surface area contributed by atoms with Gasteiger partial charge in [0.15, 0.2) is 0 Å². The molecule has 0 heterocycles. The fraction of sp³-hybridized carbons (Fsp3) is 0.222. The van der Waals surface area contributed by atoms with Gasteiger partial charge in [-0.3, -0.25) is 13.9 Å². The van der Waals surface area contributed by atoms with Gasteiger partial charge >= 0.3 is 0 Å². The number of carbonyl (C=O) groups is 1. The van der Waals surface area contributed by atoms with Gasteiger partial charge in [-0.05, 0) is 12.1 Å². The van der Waals surface area contributed by atoms with Crippen molar-refractivity contribution < 1.29 is 30.7 Å². The van der Waals surface area contributed by atoms with Gasteiger partial charge in [-0.2, -0.15) is 16.8 Å². The topological polar surface area (TPSA) is 164 Å². The third-order valence-corrected chi connectivity index (χ3v) is 6.40. The number of amides is 1. The Bertz CT molecular complexity index is 807. The number of halogens is 2. The zero-order valence-corrected chi connectivity index (χ0v) is 15.3. The summed E-state index contributed by atoms with van der Waals surface area (Å²) in [5.74, 6) is -0.666. The molecule has 0 aromatic heterocycles. The van der Waals surface area contributed by atoms with E-state index in [0.717, 1.165) is 6.07 Å². The summed E-state index contributed by atoms with van der Waals surface area (Å²) in [6.07, 6.45) is 0. The normalized spacial score (nSPS) is 13.6. The highest BCUT2D eigenvalue weighted by Gasteiger charge is 2.25. The zero-order valence-electron chi connectivity index (χ0n) is 10.5. The Balaban J connectivity index is 3.53. The number of hydrogen-bond acceptors (Lipinski definition) is 6. The van der Waals surface area contributed by atoms with Gasteiger partial charge in [0.05, 0.1) is 11.4 Å². The Kier molecular flexibility index (Phi) is 5.97. The molecule has 1 aromatic carbocycles. The molecule has 1 atom stereocenters. The lowest BCUT2D eigenvalue weighted by Gasteiger charge is -2.13. The molecule has 0 aliphatic rings. The van der Waals surface area contributed by atoms with Gasteiger partial charge in [0, 0.05) is 5.33 Å². The van der Waals surface area contributed by atoms with Crippen LogP contribution < -0.4 is 11.1 Å². The molecule has 0 aliphatic heterocycles. The zero-order chi connectivity index (χ0) is 17.3. The molecule has 0 saturated carbocycles. The average Bonchev–Trinajstić information content (AvgIpc) is 2.34. The second-order valence-corrected chi connectivity index (χ2v) is 8.48. The molecule has 0 aliphatic carbocycles. The summed E-state index contributed by atoms with van der Waals surface area (Å²) in [6.45, 7) is 0. The molecule has 5 N–H and O–H groups in total. The van der Waals surface area contributed by atoms with Crippen LogP contribution in [-0.2, 0) is 25.0 Å². The summed E-state index contributed by atoms with van der Waals surface area (Å²) in [5, 5.41) is 2.38. The first-order valence-corrected chi connectivity index (χ1v) is 10.2. The van der Waals surface area contributed by atoms with E-state index >= 15 is 0 Å². The molecule has 1 aromatic rings. The number of rotatable bonds is 5. The fourth-order valence-corrected chi connectivity index (χ4v) is 3.15. The van der Waals surface area contributed by atoms with Crippen LogP contribution in [0.15, 0.2) is 21.9 Å². The predicted molar refractivity (Wildman–Crippen MR) is 85.6 cm³/mol. The number of hydrogen-bond donors (Lipinski definition) is 4. The second-order valence-electron chi connectivity index (χ2n) is 3.95. The maximum Gasteiger partial charge on any atom is 0.296 e. The van der Waals surface area contributed by atoms with Crippen LogP contribution in [0.3, 0.4) is 0 Å². The molecule has 1 rings (SSSR count). The van der Waals surface area contributed by atoms with Crippen LogP contribution in [0.4, 0.5) is 11.4 Å². The Morgan fingerprint density at radius 1 is 1.18 bits per heavy atom. The van der Waals surface area contributed by atoms with Crippen molar-refractivity contribution in [2.45, 2.75) is 14.6 Å². The van der Waals surface area contributed by atoms with Crippen molar-refractivity contribution in [3.63, 3.8) is 0 Å². The third kappa shape index (κ3) is 4.63. The predicted octanol–water partition coefficient (Wildman–Crippen LogP) is 0.859. The van der Waals surface area contributed by atoms with Crippen molar-refractivity contribution >= 4 is 69.4 Å². The molecule has 0 fully saturated rings. The Hall–Kier alpha value is -0.730. The van der Waals surface area contributed by atoms with E-state index in [9.17, 15) is 21.6 Å². The minimum absolute atomic E-state index is 0.207. The van der Waals surface area contributed by atoms with Crippen LogP contribution in [0.1, 0.15) is 0 Å². The van der Waals surface area contributed by atoms with Crippen LogP contribution in [0.5, 0.6) is 0 Å². The number of nitrogens with one attached hydrogen (secondary N) is 1. The largest absolute Gasteiger partial charge is 0.398 e. The number of carbonyl (C=O) groups excluding carboxylic acids is 1. The number of benzene rings is 1. The van der Waals surface area contributed by atoms with E-state index in [4.69, 9.17) is 14.8 Å². The molecule has 0 saturated heterocycles. The first-order valence-electron chi connectivity index (χ1n) is 5.27. The van der Waals surface area contributed by atoms with Gasteiger partial charge in [0.1, 0.15) is 14.6 Å². The Labute approximate surface area is 143 Å².